The normalized spacial score (nSPS) is 11.1. The number of halogens is 1. The molecule has 0 amide bonds. The summed E-state index contributed by atoms with van der Waals surface area (Å²) in [5, 5.41) is 3.16. The fourth-order valence-electron chi connectivity index (χ4n) is 2.22. The lowest BCUT2D eigenvalue weighted by Crippen LogP contribution is -2.10. The molecule has 0 saturated heterocycles. The summed E-state index contributed by atoms with van der Waals surface area (Å²) in [6, 6.07) is 16.9. The Labute approximate surface area is 154 Å². The van der Waals surface area contributed by atoms with Crippen molar-refractivity contribution in [3.8, 4) is 11.3 Å². The first kappa shape index (κ1) is 17.4. The highest BCUT2D eigenvalue weighted by molar-refractivity contribution is 9.10. The third-order valence-corrected chi connectivity index (χ3v) is 4.55. The van der Waals surface area contributed by atoms with E-state index in [1.54, 1.807) is 12.1 Å². The summed E-state index contributed by atoms with van der Waals surface area (Å²) >= 11 is 3.33. The van der Waals surface area contributed by atoms with Crippen LogP contribution in [0, 0.1) is 0 Å². The summed E-state index contributed by atoms with van der Waals surface area (Å²) in [5.74, 6) is 0.612. The number of anilines is 3. The van der Waals surface area contributed by atoms with Crippen LogP contribution in [0.2, 0.25) is 0 Å². The summed E-state index contributed by atoms with van der Waals surface area (Å²) in [7, 11) is -3.37. The maximum absolute atomic E-state index is 11.5. The Kier molecular flexibility index (Phi) is 5.00. The number of benzene rings is 2. The van der Waals surface area contributed by atoms with E-state index in [2.05, 4.69) is 35.9 Å². The van der Waals surface area contributed by atoms with E-state index in [9.17, 15) is 8.42 Å². The van der Waals surface area contributed by atoms with Crippen LogP contribution in [0.3, 0.4) is 0 Å². The topological polar surface area (TPSA) is 84.0 Å². The Morgan fingerprint density at radius 1 is 1.00 bits per heavy atom. The van der Waals surface area contributed by atoms with Crippen LogP contribution in [0.15, 0.2) is 65.4 Å². The van der Waals surface area contributed by atoms with E-state index in [0.29, 0.717) is 21.7 Å². The minimum absolute atomic E-state index is 0.449. The molecule has 0 aliphatic heterocycles. The molecule has 0 unspecified atom stereocenters. The fourth-order valence-corrected chi connectivity index (χ4v) is 3.27. The van der Waals surface area contributed by atoms with E-state index < -0.39 is 10.0 Å². The molecule has 0 radical (unpaired) electrons. The molecule has 8 heteroatoms. The average Bonchev–Trinajstić information content (AvgIpc) is 2.58. The van der Waals surface area contributed by atoms with Crippen molar-refractivity contribution >= 4 is 43.1 Å². The van der Waals surface area contributed by atoms with Gasteiger partial charge in [0.15, 0.2) is 0 Å². The highest BCUT2D eigenvalue weighted by Gasteiger charge is 2.08. The lowest BCUT2D eigenvalue weighted by Gasteiger charge is -2.11. The van der Waals surface area contributed by atoms with Crippen LogP contribution in [-0.4, -0.2) is 24.6 Å². The molecule has 0 aliphatic carbocycles. The SMILES string of the molecule is CS(=O)(=O)Nc1cc(Nc2cc(-c3ccccc3)ncn2)ccc1Br. The van der Waals surface area contributed by atoms with E-state index in [0.717, 1.165) is 17.5 Å². The predicted molar refractivity (Wildman–Crippen MR) is 103 cm³/mol. The van der Waals surface area contributed by atoms with Crippen LogP contribution >= 0.6 is 15.9 Å². The first-order valence-corrected chi connectivity index (χ1v) is 10.0. The standard InChI is InChI=1S/C17H15BrN4O2S/c1-25(23,24)22-16-9-13(7-8-14(16)18)21-17-10-15(19-11-20-17)12-5-3-2-4-6-12/h2-11,22H,1H3,(H,19,20,21). The van der Waals surface area contributed by atoms with Crippen molar-refractivity contribution < 1.29 is 8.42 Å². The van der Waals surface area contributed by atoms with Gasteiger partial charge >= 0.3 is 0 Å². The lowest BCUT2D eigenvalue weighted by atomic mass is 10.1. The minimum Gasteiger partial charge on any atom is -0.340 e. The van der Waals surface area contributed by atoms with E-state index >= 15 is 0 Å². The number of nitrogens with one attached hydrogen (secondary N) is 2. The molecule has 6 nitrogen and oxygen atoms in total. The molecule has 0 saturated carbocycles. The maximum atomic E-state index is 11.5. The summed E-state index contributed by atoms with van der Waals surface area (Å²) in [6.07, 6.45) is 2.59. The first-order valence-electron chi connectivity index (χ1n) is 7.32. The first-order chi connectivity index (χ1) is 11.9. The van der Waals surface area contributed by atoms with Gasteiger partial charge in [0.2, 0.25) is 10.0 Å². The Morgan fingerprint density at radius 2 is 1.76 bits per heavy atom. The highest BCUT2D eigenvalue weighted by Crippen LogP contribution is 2.28. The summed E-state index contributed by atoms with van der Waals surface area (Å²) in [5.41, 5.74) is 2.93. The maximum Gasteiger partial charge on any atom is 0.229 e. The zero-order valence-electron chi connectivity index (χ0n) is 13.3. The molecule has 0 spiro atoms. The number of hydrogen-bond acceptors (Lipinski definition) is 5. The third kappa shape index (κ3) is 4.77. The van der Waals surface area contributed by atoms with Gasteiger partial charge in [-0.25, -0.2) is 18.4 Å². The molecule has 1 heterocycles. The van der Waals surface area contributed by atoms with Crippen LogP contribution < -0.4 is 10.0 Å². The lowest BCUT2D eigenvalue weighted by molar-refractivity contribution is 0.607. The van der Waals surface area contributed by atoms with Gasteiger partial charge in [0, 0.05) is 21.8 Å². The van der Waals surface area contributed by atoms with Crippen molar-refractivity contribution in [2.45, 2.75) is 0 Å². The molecule has 128 valence electrons. The summed E-state index contributed by atoms with van der Waals surface area (Å²) in [6.45, 7) is 0. The largest absolute Gasteiger partial charge is 0.340 e. The van der Waals surface area contributed by atoms with Gasteiger partial charge in [-0.05, 0) is 34.1 Å². The van der Waals surface area contributed by atoms with Crippen LogP contribution in [0.1, 0.15) is 0 Å². The summed E-state index contributed by atoms with van der Waals surface area (Å²) < 4.78 is 26.0. The smallest absolute Gasteiger partial charge is 0.229 e. The van der Waals surface area contributed by atoms with Crippen molar-refractivity contribution in [2.75, 3.05) is 16.3 Å². The highest BCUT2D eigenvalue weighted by atomic mass is 79.9. The van der Waals surface area contributed by atoms with Gasteiger partial charge in [0.05, 0.1) is 17.6 Å². The number of nitrogens with zero attached hydrogens (tertiary/aromatic N) is 2. The molecular formula is C17H15BrN4O2S. The summed E-state index contributed by atoms with van der Waals surface area (Å²) in [4.78, 5) is 8.50. The Morgan fingerprint density at radius 3 is 2.48 bits per heavy atom. The van der Waals surface area contributed by atoms with Crippen molar-refractivity contribution in [2.24, 2.45) is 0 Å². The molecule has 0 atom stereocenters. The zero-order valence-corrected chi connectivity index (χ0v) is 15.7. The molecule has 0 bridgehead atoms. The van der Waals surface area contributed by atoms with Gasteiger partial charge in [-0.3, -0.25) is 4.72 Å². The van der Waals surface area contributed by atoms with Gasteiger partial charge in [-0.2, -0.15) is 0 Å². The Bertz CT molecular complexity index is 995. The van der Waals surface area contributed by atoms with E-state index in [1.807, 2.05) is 42.5 Å². The van der Waals surface area contributed by atoms with Gasteiger partial charge in [-0.1, -0.05) is 30.3 Å². The average molecular weight is 419 g/mol. The van der Waals surface area contributed by atoms with Gasteiger partial charge in [0.25, 0.3) is 0 Å². The van der Waals surface area contributed by atoms with Crippen LogP contribution in [0.5, 0.6) is 0 Å². The number of rotatable bonds is 5. The van der Waals surface area contributed by atoms with Crippen molar-refractivity contribution in [3.63, 3.8) is 0 Å². The molecule has 0 fully saturated rings. The van der Waals surface area contributed by atoms with E-state index in [-0.39, 0.29) is 0 Å². The molecule has 0 aliphatic rings. The Hall–Kier alpha value is -2.45. The van der Waals surface area contributed by atoms with Crippen LogP contribution in [-0.2, 0) is 10.0 Å². The number of aromatic nitrogens is 2. The Balaban J connectivity index is 1.87. The van der Waals surface area contributed by atoms with Crippen LogP contribution in [0.4, 0.5) is 17.2 Å². The molecule has 25 heavy (non-hydrogen) atoms. The molecular weight excluding hydrogens is 404 g/mol. The fraction of sp³-hybridized carbons (Fsp3) is 0.0588. The molecule has 1 aromatic heterocycles. The third-order valence-electron chi connectivity index (χ3n) is 3.27. The minimum atomic E-state index is -3.37. The monoisotopic (exact) mass is 418 g/mol. The second kappa shape index (κ2) is 7.20. The van der Waals surface area contributed by atoms with Crippen molar-refractivity contribution in [1.82, 2.24) is 9.97 Å². The van der Waals surface area contributed by atoms with Gasteiger partial charge < -0.3 is 5.32 Å². The quantitative estimate of drug-likeness (QED) is 0.653. The van der Waals surface area contributed by atoms with E-state index in [1.165, 1.54) is 6.33 Å². The molecule has 2 aromatic carbocycles. The van der Waals surface area contributed by atoms with Crippen LogP contribution in [0.25, 0.3) is 11.3 Å². The van der Waals surface area contributed by atoms with Crippen molar-refractivity contribution in [3.05, 3.63) is 65.4 Å². The molecule has 2 N–H and O–H groups in total. The van der Waals surface area contributed by atoms with Gasteiger partial charge in [0.1, 0.15) is 12.1 Å². The second-order valence-electron chi connectivity index (χ2n) is 5.35. The van der Waals surface area contributed by atoms with Crippen molar-refractivity contribution in [1.29, 1.82) is 0 Å². The number of hydrogen-bond donors (Lipinski definition) is 2. The predicted octanol–water partition coefficient (Wildman–Crippen LogP) is 4.02. The molecule has 3 aromatic rings. The number of sulfonamides is 1. The molecule has 3 rings (SSSR count). The second-order valence-corrected chi connectivity index (χ2v) is 7.95. The van der Waals surface area contributed by atoms with Gasteiger partial charge in [-0.15, -0.1) is 0 Å². The van der Waals surface area contributed by atoms with E-state index in [4.69, 9.17) is 0 Å². The zero-order chi connectivity index (χ0) is 17.9.